The van der Waals surface area contributed by atoms with Gasteiger partial charge in [-0.15, -0.1) is 0 Å². The minimum absolute atomic E-state index is 0.0846. The summed E-state index contributed by atoms with van der Waals surface area (Å²) in [5.41, 5.74) is 2.19. The summed E-state index contributed by atoms with van der Waals surface area (Å²) in [6, 6.07) is 20.8. The Morgan fingerprint density at radius 1 is 1.03 bits per heavy atom. The molecule has 0 aromatic heterocycles. The maximum Gasteiger partial charge on any atom is 0.335 e. The summed E-state index contributed by atoms with van der Waals surface area (Å²) in [4.78, 5) is 13.1. The number of benzene rings is 3. The molecule has 0 unspecified atom stereocenters. The van der Waals surface area contributed by atoms with Crippen LogP contribution >= 0.6 is 0 Å². The fourth-order valence-electron chi connectivity index (χ4n) is 3.18. The van der Waals surface area contributed by atoms with E-state index in [4.69, 9.17) is 9.84 Å². The lowest BCUT2D eigenvalue weighted by atomic mass is 10.1. The third kappa shape index (κ3) is 5.67. The zero-order chi connectivity index (χ0) is 20.6. The second-order valence-corrected chi connectivity index (χ2v) is 6.96. The minimum atomic E-state index is -0.942. The van der Waals surface area contributed by atoms with E-state index in [9.17, 15) is 9.90 Å². The van der Waals surface area contributed by atoms with Gasteiger partial charge in [-0.2, -0.15) is 0 Å². The van der Waals surface area contributed by atoms with Crippen LogP contribution in [0.1, 0.15) is 15.9 Å². The number of aliphatic hydroxyl groups excluding tert-OH is 1. The van der Waals surface area contributed by atoms with Crippen molar-refractivity contribution in [3.05, 3.63) is 83.4 Å². The van der Waals surface area contributed by atoms with Gasteiger partial charge < -0.3 is 19.8 Å². The molecule has 3 aromatic carbocycles. The van der Waals surface area contributed by atoms with E-state index in [1.165, 1.54) is 0 Å². The molecule has 0 heterocycles. The zero-order valence-corrected chi connectivity index (χ0v) is 16.4. The van der Waals surface area contributed by atoms with Crippen molar-refractivity contribution in [2.24, 2.45) is 0 Å². The molecule has 2 N–H and O–H groups in total. The van der Waals surface area contributed by atoms with Crippen LogP contribution in [0, 0.1) is 0 Å². The number of hydrogen-bond donors (Lipinski definition) is 2. The average Bonchev–Trinajstić information content (AvgIpc) is 2.72. The maximum absolute atomic E-state index is 11.1. The van der Waals surface area contributed by atoms with Gasteiger partial charge in [-0.05, 0) is 41.8 Å². The Labute approximate surface area is 170 Å². The predicted molar refractivity (Wildman–Crippen MR) is 115 cm³/mol. The molecule has 29 heavy (non-hydrogen) atoms. The molecule has 0 amide bonds. The number of carboxylic acid groups (broad SMARTS) is 1. The molecule has 0 radical (unpaired) electrons. The summed E-state index contributed by atoms with van der Waals surface area (Å²) in [6.45, 7) is 1.67. The van der Waals surface area contributed by atoms with E-state index in [1.807, 2.05) is 48.4 Å². The van der Waals surface area contributed by atoms with Crippen LogP contribution in [0.15, 0.2) is 72.3 Å². The molecule has 0 aliphatic rings. The SMILES string of the molecule is CN(CCO)C/C(=C/c1ccc(C(=O)O)cc1)COc1cccc2ccccc12. The molecule has 0 saturated carbocycles. The van der Waals surface area contributed by atoms with Gasteiger partial charge in [0.15, 0.2) is 0 Å². The predicted octanol–water partition coefficient (Wildman–Crippen LogP) is 3.92. The smallest absolute Gasteiger partial charge is 0.335 e. The first-order valence-corrected chi connectivity index (χ1v) is 9.49. The molecular weight excluding hydrogens is 366 g/mol. The highest BCUT2D eigenvalue weighted by Gasteiger charge is 2.08. The number of ether oxygens (including phenoxy) is 1. The first-order valence-electron chi connectivity index (χ1n) is 9.49. The minimum Gasteiger partial charge on any atom is -0.489 e. The molecule has 0 fully saturated rings. The van der Waals surface area contributed by atoms with E-state index in [2.05, 4.69) is 12.1 Å². The van der Waals surface area contributed by atoms with E-state index in [0.717, 1.165) is 27.7 Å². The number of carboxylic acids is 1. The van der Waals surface area contributed by atoms with Crippen molar-refractivity contribution in [1.82, 2.24) is 4.90 Å². The normalized spacial score (nSPS) is 11.8. The van der Waals surface area contributed by atoms with E-state index >= 15 is 0 Å². The lowest BCUT2D eigenvalue weighted by Gasteiger charge is -2.19. The fraction of sp³-hybridized carbons (Fsp3) is 0.208. The number of nitrogens with zero attached hydrogens (tertiary/aromatic N) is 1. The van der Waals surface area contributed by atoms with Crippen LogP contribution in [0.5, 0.6) is 5.75 Å². The summed E-state index contributed by atoms with van der Waals surface area (Å²) >= 11 is 0. The Morgan fingerprint density at radius 2 is 1.76 bits per heavy atom. The lowest BCUT2D eigenvalue weighted by molar-refractivity contribution is 0.0697. The first kappa shape index (κ1) is 20.6. The Hall–Kier alpha value is -3.15. The zero-order valence-electron chi connectivity index (χ0n) is 16.4. The number of aromatic carboxylic acids is 1. The van der Waals surface area contributed by atoms with Gasteiger partial charge in [0.1, 0.15) is 12.4 Å². The summed E-state index contributed by atoms with van der Waals surface area (Å²) in [7, 11) is 1.94. The summed E-state index contributed by atoms with van der Waals surface area (Å²) in [5, 5.41) is 20.4. The van der Waals surface area contributed by atoms with Crippen molar-refractivity contribution < 1.29 is 19.7 Å². The Morgan fingerprint density at radius 3 is 2.48 bits per heavy atom. The molecule has 0 spiro atoms. The van der Waals surface area contributed by atoms with Gasteiger partial charge in [0.05, 0.1) is 12.2 Å². The number of fused-ring (bicyclic) bond motifs is 1. The molecule has 150 valence electrons. The van der Waals surface area contributed by atoms with Gasteiger partial charge in [0.2, 0.25) is 0 Å². The fourth-order valence-corrected chi connectivity index (χ4v) is 3.18. The van der Waals surface area contributed by atoms with Gasteiger partial charge in [-0.25, -0.2) is 4.79 Å². The third-order valence-electron chi connectivity index (χ3n) is 4.65. The molecular formula is C24H25NO4. The number of aliphatic hydroxyl groups is 1. The van der Waals surface area contributed by atoms with Crippen LogP contribution in [-0.4, -0.2) is 54.4 Å². The molecule has 0 saturated heterocycles. The van der Waals surface area contributed by atoms with Crippen LogP contribution in [0.4, 0.5) is 0 Å². The number of likely N-dealkylation sites (N-methyl/N-ethyl adjacent to an activating group) is 1. The van der Waals surface area contributed by atoms with Crippen molar-refractivity contribution in [1.29, 1.82) is 0 Å². The Bertz CT molecular complexity index is 990. The highest BCUT2D eigenvalue weighted by atomic mass is 16.5. The van der Waals surface area contributed by atoms with Gasteiger partial charge in [-0.3, -0.25) is 0 Å². The molecule has 0 bridgehead atoms. The third-order valence-corrected chi connectivity index (χ3v) is 4.65. The lowest BCUT2D eigenvalue weighted by Crippen LogP contribution is -2.26. The summed E-state index contributed by atoms with van der Waals surface area (Å²) in [6.07, 6.45) is 2.00. The molecule has 3 aromatic rings. The van der Waals surface area contributed by atoms with Gasteiger partial charge in [0.25, 0.3) is 0 Å². The maximum atomic E-state index is 11.1. The second-order valence-electron chi connectivity index (χ2n) is 6.96. The van der Waals surface area contributed by atoms with Gasteiger partial charge in [0, 0.05) is 18.5 Å². The summed E-state index contributed by atoms with van der Waals surface area (Å²) < 4.78 is 6.14. The van der Waals surface area contributed by atoms with Crippen LogP contribution in [0.3, 0.4) is 0 Å². The Kier molecular flexibility index (Phi) is 7.00. The number of hydrogen-bond acceptors (Lipinski definition) is 4. The van der Waals surface area contributed by atoms with Crippen molar-refractivity contribution in [3.63, 3.8) is 0 Å². The first-order chi connectivity index (χ1) is 14.1. The topological polar surface area (TPSA) is 70.0 Å². The molecule has 0 aliphatic carbocycles. The molecule has 5 nitrogen and oxygen atoms in total. The second kappa shape index (κ2) is 9.87. The van der Waals surface area contributed by atoms with E-state index in [0.29, 0.717) is 19.7 Å². The average molecular weight is 391 g/mol. The van der Waals surface area contributed by atoms with Crippen molar-refractivity contribution in [2.45, 2.75) is 0 Å². The van der Waals surface area contributed by atoms with Crippen LogP contribution in [0.25, 0.3) is 16.8 Å². The van der Waals surface area contributed by atoms with Gasteiger partial charge in [-0.1, -0.05) is 54.6 Å². The Balaban J connectivity index is 1.82. The van der Waals surface area contributed by atoms with E-state index in [-0.39, 0.29) is 12.2 Å². The summed E-state index contributed by atoms with van der Waals surface area (Å²) in [5.74, 6) is -0.122. The van der Waals surface area contributed by atoms with Crippen LogP contribution in [-0.2, 0) is 0 Å². The number of rotatable bonds is 9. The molecule has 5 heteroatoms. The van der Waals surface area contributed by atoms with Crippen molar-refractivity contribution in [2.75, 3.05) is 33.4 Å². The van der Waals surface area contributed by atoms with E-state index in [1.54, 1.807) is 24.3 Å². The van der Waals surface area contributed by atoms with Gasteiger partial charge >= 0.3 is 5.97 Å². The van der Waals surface area contributed by atoms with Crippen LogP contribution < -0.4 is 4.74 Å². The van der Waals surface area contributed by atoms with Crippen LogP contribution in [0.2, 0.25) is 0 Å². The van der Waals surface area contributed by atoms with Crippen molar-refractivity contribution >= 4 is 22.8 Å². The standard InChI is InChI=1S/C24H25NO4/c1-25(13-14-26)16-19(15-18-9-11-21(12-10-18)24(27)28)17-29-23-8-4-6-20-5-2-3-7-22(20)23/h2-12,15,26H,13-14,16-17H2,1H3,(H,27,28)/b19-15-. The largest absolute Gasteiger partial charge is 0.489 e. The molecule has 0 atom stereocenters. The number of carbonyl (C=O) groups is 1. The highest BCUT2D eigenvalue weighted by molar-refractivity contribution is 5.88. The molecule has 3 rings (SSSR count). The quantitative estimate of drug-likeness (QED) is 0.578. The van der Waals surface area contributed by atoms with Crippen molar-refractivity contribution in [3.8, 4) is 5.75 Å². The molecule has 0 aliphatic heterocycles. The van der Waals surface area contributed by atoms with E-state index < -0.39 is 5.97 Å². The monoisotopic (exact) mass is 391 g/mol. The highest BCUT2D eigenvalue weighted by Crippen LogP contribution is 2.25.